The molecule has 0 bridgehead atoms. The molecule has 3 rings (SSSR count). The van der Waals surface area contributed by atoms with Gasteiger partial charge in [0, 0.05) is 31.4 Å². The lowest BCUT2D eigenvalue weighted by Crippen LogP contribution is -2.07. The number of anilines is 2. The van der Waals surface area contributed by atoms with Gasteiger partial charge in [-0.15, -0.1) is 11.3 Å². The lowest BCUT2D eigenvalue weighted by atomic mass is 10.2. The zero-order valence-corrected chi connectivity index (χ0v) is 13.2. The van der Waals surface area contributed by atoms with E-state index in [4.69, 9.17) is 0 Å². The highest BCUT2D eigenvalue weighted by Crippen LogP contribution is 2.26. The van der Waals surface area contributed by atoms with Crippen molar-refractivity contribution < 1.29 is 0 Å². The molecule has 3 heterocycles. The van der Waals surface area contributed by atoms with E-state index in [0.29, 0.717) is 12.5 Å². The molecule has 0 radical (unpaired) electrons. The Morgan fingerprint density at radius 1 is 1.29 bits per heavy atom. The first-order valence-corrected chi connectivity index (χ1v) is 7.77. The molecule has 6 nitrogen and oxygen atoms in total. The quantitative estimate of drug-likeness (QED) is 0.758. The number of fused-ring (bicyclic) bond motifs is 1. The third kappa shape index (κ3) is 2.69. The summed E-state index contributed by atoms with van der Waals surface area (Å²) in [6.45, 7) is 5.60. The van der Waals surface area contributed by atoms with Crippen molar-refractivity contribution in [3.8, 4) is 0 Å². The second-order valence-electron chi connectivity index (χ2n) is 4.80. The Hall–Kier alpha value is -2.15. The van der Waals surface area contributed by atoms with E-state index in [1.54, 1.807) is 11.3 Å². The van der Waals surface area contributed by atoms with Crippen LogP contribution in [0.1, 0.15) is 18.2 Å². The lowest BCUT2D eigenvalue weighted by molar-refractivity contribution is 0.738. The van der Waals surface area contributed by atoms with Crippen LogP contribution >= 0.6 is 11.3 Å². The van der Waals surface area contributed by atoms with Crippen LogP contribution in [0.3, 0.4) is 0 Å². The number of hydrogen-bond donors (Lipinski definition) is 2. The molecule has 0 atom stereocenters. The topological polar surface area (TPSA) is 67.7 Å². The van der Waals surface area contributed by atoms with Crippen LogP contribution in [0.4, 0.5) is 11.8 Å². The summed E-state index contributed by atoms with van der Waals surface area (Å²) in [4.78, 5) is 10.1. The second-order valence-corrected chi connectivity index (χ2v) is 5.69. The van der Waals surface area contributed by atoms with Gasteiger partial charge in [0.1, 0.15) is 10.6 Å². The minimum Gasteiger partial charge on any atom is -0.365 e. The number of aryl methyl sites for hydroxylation is 1. The summed E-state index contributed by atoms with van der Waals surface area (Å²) >= 11 is 1.62. The van der Waals surface area contributed by atoms with Crippen LogP contribution in [0, 0.1) is 6.92 Å². The van der Waals surface area contributed by atoms with Gasteiger partial charge in [0.05, 0.1) is 11.6 Å². The van der Waals surface area contributed by atoms with Gasteiger partial charge in [0.15, 0.2) is 0 Å². The van der Waals surface area contributed by atoms with Crippen molar-refractivity contribution in [1.29, 1.82) is 0 Å². The summed E-state index contributed by atoms with van der Waals surface area (Å²) in [7, 11) is 1.95. The van der Waals surface area contributed by atoms with Crippen LogP contribution in [0.5, 0.6) is 0 Å². The van der Waals surface area contributed by atoms with E-state index < -0.39 is 0 Å². The first kappa shape index (κ1) is 13.8. The average molecular weight is 302 g/mol. The van der Waals surface area contributed by atoms with Crippen LogP contribution in [-0.4, -0.2) is 26.3 Å². The Morgan fingerprint density at radius 2 is 2.14 bits per heavy atom. The molecule has 0 aromatic carbocycles. The molecule has 3 aromatic heterocycles. The van der Waals surface area contributed by atoms with Gasteiger partial charge in [-0.1, -0.05) is 0 Å². The largest absolute Gasteiger partial charge is 0.365 e. The van der Waals surface area contributed by atoms with Gasteiger partial charge in [-0.2, -0.15) is 10.1 Å². The Labute approximate surface area is 127 Å². The molecule has 0 amide bonds. The van der Waals surface area contributed by atoms with E-state index in [2.05, 4.69) is 32.6 Å². The first-order chi connectivity index (χ1) is 10.2. The van der Waals surface area contributed by atoms with Gasteiger partial charge in [0.25, 0.3) is 0 Å². The standard InChI is InChI=1S/C14H18N6S/c1-4-15-14-18-12(11-5-6-21-13(11)19-14)16-7-10-8-17-20(3)9(10)2/h5-6,8H,4,7H2,1-3H3,(H2,15,16,18,19). The van der Waals surface area contributed by atoms with Gasteiger partial charge in [-0.3, -0.25) is 4.68 Å². The summed E-state index contributed by atoms with van der Waals surface area (Å²) in [5.74, 6) is 1.53. The maximum absolute atomic E-state index is 4.56. The van der Waals surface area contributed by atoms with Crippen molar-refractivity contribution in [2.24, 2.45) is 7.05 Å². The van der Waals surface area contributed by atoms with Crippen molar-refractivity contribution in [3.05, 3.63) is 28.9 Å². The summed E-state index contributed by atoms with van der Waals surface area (Å²) < 4.78 is 1.88. The molecule has 3 aromatic rings. The fraction of sp³-hybridized carbons (Fsp3) is 0.357. The van der Waals surface area contributed by atoms with Crippen LogP contribution in [0.2, 0.25) is 0 Å². The molecule has 0 fully saturated rings. The summed E-state index contributed by atoms with van der Waals surface area (Å²) in [5, 5.41) is 13.9. The van der Waals surface area contributed by atoms with Crippen LogP contribution in [0.15, 0.2) is 17.6 Å². The maximum Gasteiger partial charge on any atom is 0.226 e. The molecular formula is C14H18N6S. The Bertz CT molecular complexity index is 760. The Morgan fingerprint density at radius 3 is 2.86 bits per heavy atom. The third-order valence-corrected chi connectivity index (χ3v) is 4.25. The fourth-order valence-corrected chi connectivity index (χ4v) is 2.89. The average Bonchev–Trinajstić information content (AvgIpc) is 3.06. The van der Waals surface area contributed by atoms with E-state index in [1.165, 1.54) is 5.56 Å². The summed E-state index contributed by atoms with van der Waals surface area (Å²) in [6, 6.07) is 2.05. The van der Waals surface area contributed by atoms with Gasteiger partial charge in [-0.05, 0) is 25.3 Å². The highest BCUT2D eigenvalue weighted by atomic mass is 32.1. The third-order valence-electron chi connectivity index (χ3n) is 3.44. The number of hydrogen-bond acceptors (Lipinski definition) is 6. The van der Waals surface area contributed by atoms with E-state index >= 15 is 0 Å². The molecule has 0 saturated carbocycles. The first-order valence-electron chi connectivity index (χ1n) is 6.89. The molecular weight excluding hydrogens is 284 g/mol. The molecule has 110 valence electrons. The minimum absolute atomic E-state index is 0.665. The van der Waals surface area contributed by atoms with Crippen molar-refractivity contribution in [3.63, 3.8) is 0 Å². The van der Waals surface area contributed by atoms with Gasteiger partial charge >= 0.3 is 0 Å². The highest BCUT2D eigenvalue weighted by molar-refractivity contribution is 7.16. The fourth-order valence-electron chi connectivity index (χ4n) is 2.12. The summed E-state index contributed by atoms with van der Waals surface area (Å²) in [5.41, 5.74) is 2.33. The molecule has 2 N–H and O–H groups in total. The number of aromatic nitrogens is 4. The summed E-state index contributed by atoms with van der Waals surface area (Å²) in [6.07, 6.45) is 1.89. The number of nitrogens with one attached hydrogen (secondary N) is 2. The van der Waals surface area contributed by atoms with Gasteiger partial charge in [0.2, 0.25) is 5.95 Å². The zero-order valence-electron chi connectivity index (χ0n) is 12.3. The number of thiophene rings is 1. The predicted molar refractivity (Wildman–Crippen MR) is 86.9 cm³/mol. The molecule has 21 heavy (non-hydrogen) atoms. The molecule has 0 aliphatic rings. The van der Waals surface area contributed by atoms with Crippen molar-refractivity contribution in [1.82, 2.24) is 19.7 Å². The smallest absolute Gasteiger partial charge is 0.226 e. The lowest BCUT2D eigenvalue weighted by Gasteiger charge is -2.09. The Balaban J connectivity index is 1.88. The van der Waals surface area contributed by atoms with E-state index in [0.717, 1.165) is 28.3 Å². The molecule has 0 aliphatic carbocycles. The number of rotatable bonds is 5. The van der Waals surface area contributed by atoms with Crippen LogP contribution < -0.4 is 10.6 Å². The van der Waals surface area contributed by atoms with Crippen LogP contribution in [0.25, 0.3) is 10.2 Å². The van der Waals surface area contributed by atoms with E-state index in [9.17, 15) is 0 Å². The molecule has 0 aliphatic heterocycles. The molecule has 0 unspecified atom stereocenters. The van der Waals surface area contributed by atoms with Gasteiger partial charge < -0.3 is 10.6 Å². The highest BCUT2D eigenvalue weighted by Gasteiger charge is 2.10. The number of nitrogens with zero attached hydrogens (tertiary/aromatic N) is 4. The Kier molecular flexibility index (Phi) is 3.74. The SMILES string of the molecule is CCNc1nc(NCc2cnn(C)c2C)c2ccsc2n1. The molecule has 0 spiro atoms. The van der Waals surface area contributed by atoms with Crippen molar-refractivity contribution >= 4 is 33.3 Å². The van der Waals surface area contributed by atoms with Gasteiger partial charge in [-0.25, -0.2) is 4.98 Å². The minimum atomic E-state index is 0.665. The normalized spacial score (nSPS) is 11.0. The zero-order chi connectivity index (χ0) is 14.8. The van der Waals surface area contributed by atoms with Crippen molar-refractivity contribution in [2.75, 3.05) is 17.2 Å². The van der Waals surface area contributed by atoms with Crippen molar-refractivity contribution in [2.45, 2.75) is 20.4 Å². The maximum atomic E-state index is 4.56. The molecule has 7 heteroatoms. The van der Waals surface area contributed by atoms with E-state index in [-0.39, 0.29) is 0 Å². The van der Waals surface area contributed by atoms with Crippen LogP contribution in [-0.2, 0) is 13.6 Å². The second kappa shape index (κ2) is 5.69. The van der Waals surface area contributed by atoms with E-state index in [1.807, 2.05) is 36.3 Å². The predicted octanol–water partition coefficient (Wildman–Crippen LogP) is 2.78. The molecule has 0 saturated heterocycles. The monoisotopic (exact) mass is 302 g/mol.